The van der Waals surface area contributed by atoms with E-state index in [1.807, 2.05) is 29.2 Å². The maximum absolute atomic E-state index is 12.6. The van der Waals surface area contributed by atoms with E-state index in [9.17, 15) is 9.59 Å². The van der Waals surface area contributed by atoms with Crippen LogP contribution in [-0.4, -0.2) is 48.5 Å². The molecule has 0 saturated carbocycles. The molecule has 0 atom stereocenters. The van der Waals surface area contributed by atoms with Gasteiger partial charge in [0.2, 0.25) is 5.91 Å². The van der Waals surface area contributed by atoms with Crippen molar-refractivity contribution in [1.29, 1.82) is 0 Å². The summed E-state index contributed by atoms with van der Waals surface area (Å²) in [6, 6.07) is 14.4. The number of nitrogens with zero attached hydrogens (tertiary/aromatic N) is 2. The number of anilines is 1. The fourth-order valence-electron chi connectivity index (χ4n) is 4.00. The van der Waals surface area contributed by atoms with E-state index in [1.165, 1.54) is 35.3 Å². The zero-order valence-corrected chi connectivity index (χ0v) is 17.1. The lowest BCUT2D eigenvalue weighted by Crippen LogP contribution is -2.49. The van der Waals surface area contributed by atoms with Crippen molar-refractivity contribution in [2.75, 3.05) is 36.8 Å². The summed E-state index contributed by atoms with van der Waals surface area (Å²) < 4.78 is 0. The van der Waals surface area contributed by atoms with Gasteiger partial charge in [0.05, 0.1) is 5.75 Å². The molecule has 1 aliphatic carbocycles. The molecule has 1 fully saturated rings. The zero-order valence-electron chi connectivity index (χ0n) is 16.3. The first-order valence-electron chi connectivity index (χ1n) is 9.98. The molecule has 5 heteroatoms. The van der Waals surface area contributed by atoms with Crippen LogP contribution in [0.4, 0.5) is 5.69 Å². The van der Waals surface area contributed by atoms with E-state index in [0.29, 0.717) is 5.75 Å². The van der Waals surface area contributed by atoms with E-state index in [2.05, 4.69) is 23.1 Å². The van der Waals surface area contributed by atoms with Crippen LogP contribution < -0.4 is 4.90 Å². The average molecular weight is 395 g/mol. The Morgan fingerprint density at radius 3 is 2.36 bits per heavy atom. The number of piperazine rings is 1. The Hall–Kier alpha value is -2.27. The predicted molar refractivity (Wildman–Crippen MR) is 114 cm³/mol. The number of carbonyl (C=O) groups is 2. The number of hydrogen-bond donors (Lipinski definition) is 0. The van der Waals surface area contributed by atoms with E-state index < -0.39 is 0 Å². The predicted octanol–water partition coefficient (Wildman–Crippen LogP) is 3.82. The fraction of sp³-hybridized carbons (Fsp3) is 0.391. The zero-order chi connectivity index (χ0) is 19.5. The van der Waals surface area contributed by atoms with Crippen LogP contribution in [0.15, 0.2) is 47.4 Å². The van der Waals surface area contributed by atoms with Crippen LogP contribution in [0.3, 0.4) is 0 Å². The van der Waals surface area contributed by atoms with Crippen molar-refractivity contribution >= 4 is 29.1 Å². The summed E-state index contributed by atoms with van der Waals surface area (Å²) in [6.45, 7) is 4.74. The molecular weight excluding hydrogens is 368 g/mol. The molecule has 2 aromatic rings. The number of ketones is 1. The Kier molecular flexibility index (Phi) is 5.72. The molecule has 0 spiro atoms. The van der Waals surface area contributed by atoms with Gasteiger partial charge in [0, 0.05) is 42.3 Å². The Balaban J connectivity index is 1.27. The number of aryl methyl sites for hydroxylation is 2. The van der Waals surface area contributed by atoms with Gasteiger partial charge in [-0.25, -0.2) is 0 Å². The van der Waals surface area contributed by atoms with Gasteiger partial charge in [0.15, 0.2) is 5.78 Å². The van der Waals surface area contributed by atoms with Crippen molar-refractivity contribution < 1.29 is 9.59 Å². The second-order valence-electron chi connectivity index (χ2n) is 7.54. The molecule has 1 amide bonds. The highest BCUT2D eigenvalue weighted by atomic mass is 32.2. The van der Waals surface area contributed by atoms with Crippen molar-refractivity contribution in [3.8, 4) is 0 Å². The number of carbonyl (C=O) groups excluding carboxylic acids is 2. The lowest BCUT2D eigenvalue weighted by molar-refractivity contribution is -0.128. The summed E-state index contributed by atoms with van der Waals surface area (Å²) in [5.41, 5.74) is 4.79. The van der Waals surface area contributed by atoms with Crippen LogP contribution in [0, 0.1) is 0 Å². The molecule has 1 saturated heterocycles. The first-order valence-corrected chi connectivity index (χ1v) is 11.0. The first-order chi connectivity index (χ1) is 13.6. The summed E-state index contributed by atoms with van der Waals surface area (Å²) in [4.78, 5) is 29.5. The first kappa shape index (κ1) is 19.1. The lowest BCUT2D eigenvalue weighted by Gasteiger charge is -2.36. The number of amides is 1. The Morgan fingerprint density at radius 2 is 1.64 bits per heavy atom. The summed E-state index contributed by atoms with van der Waals surface area (Å²) in [6.07, 6.45) is 3.62. The molecule has 2 aliphatic rings. The standard InChI is InChI=1S/C23H26N2O2S/c1-17(26)18-5-8-21(9-6-18)24-11-13-25(14-12-24)23(27)16-28-22-10-7-19-3-2-4-20(19)15-22/h5-10,15H,2-4,11-14,16H2,1H3. The minimum Gasteiger partial charge on any atom is -0.368 e. The quantitative estimate of drug-likeness (QED) is 0.571. The highest BCUT2D eigenvalue weighted by Crippen LogP contribution is 2.28. The average Bonchev–Trinajstić information content (AvgIpc) is 3.20. The van der Waals surface area contributed by atoms with Gasteiger partial charge in [0.25, 0.3) is 0 Å². The summed E-state index contributed by atoms with van der Waals surface area (Å²) in [5.74, 6) is 0.812. The number of rotatable bonds is 5. The molecule has 28 heavy (non-hydrogen) atoms. The van der Waals surface area contributed by atoms with Crippen LogP contribution in [0.2, 0.25) is 0 Å². The highest BCUT2D eigenvalue weighted by molar-refractivity contribution is 8.00. The molecule has 4 nitrogen and oxygen atoms in total. The lowest BCUT2D eigenvalue weighted by atomic mass is 10.1. The van der Waals surface area contributed by atoms with Crippen molar-refractivity contribution in [3.05, 3.63) is 59.2 Å². The van der Waals surface area contributed by atoms with E-state index in [-0.39, 0.29) is 11.7 Å². The molecule has 0 aromatic heterocycles. The van der Waals surface area contributed by atoms with E-state index in [0.717, 1.165) is 37.4 Å². The summed E-state index contributed by atoms with van der Waals surface area (Å²) in [7, 11) is 0. The van der Waals surface area contributed by atoms with Crippen molar-refractivity contribution in [3.63, 3.8) is 0 Å². The van der Waals surface area contributed by atoms with Crippen LogP contribution >= 0.6 is 11.8 Å². The van der Waals surface area contributed by atoms with Crippen LogP contribution in [-0.2, 0) is 17.6 Å². The SMILES string of the molecule is CC(=O)c1ccc(N2CCN(C(=O)CSc3ccc4c(c3)CCC4)CC2)cc1. The van der Waals surface area contributed by atoms with E-state index in [4.69, 9.17) is 0 Å². The van der Waals surface area contributed by atoms with Crippen LogP contribution in [0.1, 0.15) is 34.8 Å². The number of fused-ring (bicyclic) bond motifs is 1. The molecule has 0 N–H and O–H groups in total. The third-order valence-corrected chi connectivity index (χ3v) is 6.68. The molecule has 2 aromatic carbocycles. The fourth-order valence-corrected chi connectivity index (χ4v) is 4.86. The second-order valence-corrected chi connectivity index (χ2v) is 8.59. The van der Waals surface area contributed by atoms with Crippen LogP contribution in [0.25, 0.3) is 0 Å². The third kappa shape index (κ3) is 4.25. The second kappa shape index (κ2) is 8.39. The van der Waals surface area contributed by atoms with Crippen molar-refractivity contribution in [1.82, 2.24) is 4.90 Å². The minimum absolute atomic E-state index is 0.0860. The minimum atomic E-state index is 0.0860. The molecular formula is C23H26N2O2S. The van der Waals surface area contributed by atoms with Gasteiger partial charge in [0.1, 0.15) is 0 Å². The van der Waals surface area contributed by atoms with Gasteiger partial charge < -0.3 is 9.80 Å². The number of thioether (sulfide) groups is 1. The summed E-state index contributed by atoms with van der Waals surface area (Å²) in [5, 5.41) is 0. The van der Waals surface area contributed by atoms with Gasteiger partial charge in [-0.2, -0.15) is 0 Å². The Labute approximate surface area is 170 Å². The maximum atomic E-state index is 12.6. The Bertz CT molecular complexity index is 871. The maximum Gasteiger partial charge on any atom is 0.233 e. The number of Topliss-reactive ketones (excluding diaryl/α,β-unsaturated/α-hetero) is 1. The number of benzene rings is 2. The topological polar surface area (TPSA) is 40.6 Å². The van der Waals surface area contributed by atoms with Crippen molar-refractivity contribution in [2.24, 2.45) is 0 Å². The molecule has 1 heterocycles. The largest absolute Gasteiger partial charge is 0.368 e. The van der Waals surface area contributed by atoms with Crippen LogP contribution in [0.5, 0.6) is 0 Å². The van der Waals surface area contributed by atoms with Gasteiger partial charge in [-0.1, -0.05) is 6.07 Å². The molecule has 0 unspecified atom stereocenters. The smallest absolute Gasteiger partial charge is 0.233 e. The van der Waals surface area contributed by atoms with Gasteiger partial charge in [-0.05, 0) is 73.7 Å². The molecule has 1 aliphatic heterocycles. The number of hydrogen-bond acceptors (Lipinski definition) is 4. The van der Waals surface area contributed by atoms with Gasteiger partial charge in [-0.15, -0.1) is 11.8 Å². The molecule has 0 radical (unpaired) electrons. The normalized spacial score (nSPS) is 16.2. The Morgan fingerprint density at radius 1 is 0.929 bits per heavy atom. The van der Waals surface area contributed by atoms with Gasteiger partial charge in [-0.3, -0.25) is 9.59 Å². The van der Waals surface area contributed by atoms with Crippen molar-refractivity contribution in [2.45, 2.75) is 31.1 Å². The van der Waals surface area contributed by atoms with E-state index >= 15 is 0 Å². The summed E-state index contributed by atoms with van der Waals surface area (Å²) >= 11 is 1.65. The highest BCUT2D eigenvalue weighted by Gasteiger charge is 2.21. The molecule has 0 bridgehead atoms. The van der Waals surface area contributed by atoms with Gasteiger partial charge >= 0.3 is 0 Å². The van der Waals surface area contributed by atoms with E-state index in [1.54, 1.807) is 18.7 Å². The molecule has 4 rings (SSSR count). The molecule has 146 valence electrons. The third-order valence-electron chi connectivity index (χ3n) is 5.70. The monoisotopic (exact) mass is 394 g/mol.